The molecule has 5 rings (SSSR count). The second kappa shape index (κ2) is 8.71. The summed E-state index contributed by atoms with van der Waals surface area (Å²) < 4.78 is 19.4. The van der Waals surface area contributed by atoms with E-state index in [0.29, 0.717) is 36.5 Å². The number of benzene rings is 1. The molecule has 3 N–H and O–H groups in total. The van der Waals surface area contributed by atoms with Crippen molar-refractivity contribution in [2.75, 3.05) is 37.0 Å². The van der Waals surface area contributed by atoms with Crippen molar-refractivity contribution < 1.29 is 19.0 Å². The molecule has 0 amide bonds. The fourth-order valence-electron chi connectivity index (χ4n) is 4.45. The number of hydrogen-bond acceptors (Lipinski definition) is 7. The summed E-state index contributed by atoms with van der Waals surface area (Å²) in [7, 11) is 1.54. The number of ether oxygens (including phenoxy) is 1. The Morgan fingerprint density at radius 3 is 2.77 bits per heavy atom. The van der Waals surface area contributed by atoms with Crippen LogP contribution >= 0.6 is 0 Å². The number of aliphatic carboxylic acids is 1. The van der Waals surface area contributed by atoms with Crippen molar-refractivity contribution in [1.29, 1.82) is 0 Å². The Balaban J connectivity index is 1.44. The van der Waals surface area contributed by atoms with Gasteiger partial charge in [0.2, 0.25) is 0 Å². The number of nitrogens with one attached hydrogen (secondary N) is 2. The molecule has 10 heteroatoms. The maximum atomic E-state index is 14.0. The maximum absolute atomic E-state index is 14.0. The van der Waals surface area contributed by atoms with Crippen LogP contribution in [0.25, 0.3) is 27.7 Å². The highest BCUT2D eigenvalue weighted by molar-refractivity contribution is 5.97. The summed E-state index contributed by atoms with van der Waals surface area (Å²) in [5, 5.41) is 12.2. The Hall–Kier alpha value is -4.47. The van der Waals surface area contributed by atoms with Gasteiger partial charge in [0, 0.05) is 35.9 Å². The molecule has 1 aliphatic rings. The van der Waals surface area contributed by atoms with Crippen molar-refractivity contribution in [3.05, 3.63) is 74.6 Å². The van der Waals surface area contributed by atoms with Crippen LogP contribution in [0.2, 0.25) is 0 Å². The predicted molar refractivity (Wildman–Crippen MR) is 130 cm³/mol. The Kier molecular flexibility index (Phi) is 5.56. The molecule has 4 aromatic rings. The van der Waals surface area contributed by atoms with Gasteiger partial charge in [-0.25, -0.2) is 9.37 Å². The maximum Gasteiger partial charge on any atom is 0.322 e. The quantitative estimate of drug-likeness (QED) is 0.348. The molecular weight excluding hydrogens is 455 g/mol. The molecule has 0 atom stereocenters. The number of nitrogens with zero attached hydrogens (tertiary/aromatic N) is 2. The molecule has 2 aromatic carbocycles. The summed E-state index contributed by atoms with van der Waals surface area (Å²) >= 11 is 0. The van der Waals surface area contributed by atoms with Crippen molar-refractivity contribution in [2.24, 2.45) is 0 Å². The number of anilines is 2. The van der Waals surface area contributed by atoms with Crippen LogP contribution in [0.1, 0.15) is 12.1 Å². The summed E-state index contributed by atoms with van der Waals surface area (Å²) in [6.45, 7) is 0.425. The lowest BCUT2D eigenvalue weighted by molar-refractivity contribution is -0.134. The molecule has 0 bridgehead atoms. The van der Waals surface area contributed by atoms with Crippen LogP contribution in [0.15, 0.2) is 52.2 Å². The minimum Gasteiger partial charge on any atom is -0.496 e. The first kappa shape index (κ1) is 22.3. The van der Waals surface area contributed by atoms with Gasteiger partial charge in [-0.1, -0.05) is 6.08 Å². The summed E-state index contributed by atoms with van der Waals surface area (Å²) in [5.74, 6) is -0.936. The van der Waals surface area contributed by atoms with E-state index in [9.17, 15) is 18.8 Å². The minimum absolute atomic E-state index is 0.0535. The summed E-state index contributed by atoms with van der Waals surface area (Å²) in [4.78, 5) is 44.3. The highest BCUT2D eigenvalue weighted by atomic mass is 19.1. The van der Waals surface area contributed by atoms with E-state index >= 15 is 0 Å². The van der Waals surface area contributed by atoms with Crippen molar-refractivity contribution in [2.45, 2.75) is 6.42 Å². The molecule has 9 nitrogen and oxygen atoms in total. The predicted octanol–water partition coefficient (Wildman–Crippen LogP) is 2.76. The molecule has 3 heterocycles. The van der Waals surface area contributed by atoms with Crippen LogP contribution in [0.3, 0.4) is 0 Å². The monoisotopic (exact) mass is 476 g/mol. The second-order valence-electron chi connectivity index (χ2n) is 8.20. The van der Waals surface area contributed by atoms with Gasteiger partial charge < -0.3 is 25.0 Å². The number of halogens is 1. The van der Waals surface area contributed by atoms with Gasteiger partial charge >= 0.3 is 5.97 Å². The van der Waals surface area contributed by atoms with Gasteiger partial charge in [0.05, 0.1) is 7.11 Å². The van der Waals surface area contributed by atoms with E-state index in [4.69, 9.17) is 9.84 Å². The van der Waals surface area contributed by atoms with Gasteiger partial charge in [-0.2, -0.15) is 0 Å². The lowest BCUT2D eigenvalue weighted by Gasteiger charge is -2.30. The summed E-state index contributed by atoms with van der Waals surface area (Å²) in [6, 6.07) is 8.13. The zero-order valence-electron chi connectivity index (χ0n) is 18.7. The van der Waals surface area contributed by atoms with E-state index in [1.54, 1.807) is 17.2 Å². The number of hydrogen-bond donors (Lipinski definition) is 3. The normalized spacial score (nSPS) is 13.8. The van der Waals surface area contributed by atoms with E-state index in [2.05, 4.69) is 15.3 Å². The van der Waals surface area contributed by atoms with Crippen LogP contribution in [0.4, 0.5) is 15.8 Å². The van der Waals surface area contributed by atoms with Crippen molar-refractivity contribution in [3.8, 4) is 16.9 Å². The Bertz CT molecular complexity index is 1560. The van der Waals surface area contributed by atoms with E-state index < -0.39 is 23.4 Å². The number of methoxy groups -OCH3 is 1. The van der Waals surface area contributed by atoms with Gasteiger partial charge in [0.1, 0.15) is 35.1 Å². The van der Waals surface area contributed by atoms with Gasteiger partial charge in [-0.05, 0) is 47.9 Å². The molecule has 0 radical (unpaired) electrons. The Morgan fingerprint density at radius 1 is 1.23 bits per heavy atom. The number of aromatic nitrogens is 2. The molecule has 0 aliphatic carbocycles. The molecule has 2 aromatic heterocycles. The smallest absolute Gasteiger partial charge is 0.322 e. The number of H-pyrrole nitrogens is 1. The second-order valence-corrected chi connectivity index (χ2v) is 8.20. The number of carboxylic acid groups (broad SMARTS) is 1. The fourth-order valence-corrected chi connectivity index (χ4v) is 4.45. The Morgan fingerprint density at radius 2 is 2.06 bits per heavy atom. The molecule has 178 valence electrons. The Labute approximate surface area is 198 Å². The molecule has 1 aliphatic heterocycles. The third kappa shape index (κ3) is 3.92. The zero-order valence-corrected chi connectivity index (χ0v) is 18.7. The van der Waals surface area contributed by atoms with Crippen LogP contribution in [-0.4, -0.2) is 47.8 Å². The summed E-state index contributed by atoms with van der Waals surface area (Å²) in [5.41, 5.74) is 2.88. The molecule has 0 saturated carbocycles. The van der Waals surface area contributed by atoms with E-state index in [1.165, 1.54) is 19.2 Å². The van der Waals surface area contributed by atoms with Gasteiger partial charge in [-0.15, -0.1) is 0 Å². The highest BCUT2D eigenvalue weighted by Crippen LogP contribution is 2.37. The van der Waals surface area contributed by atoms with Crippen LogP contribution in [-0.2, 0) is 4.79 Å². The first-order valence-electron chi connectivity index (χ1n) is 10.9. The third-order valence-electron chi connectivity index (χ3n) is 6.16. The topological polar surface area (TPSA) is 125 Å². The lowest BCUT2D eigenvalue weighted by atomic mass is 10.0. The van der Waals surface area contributed by atoms with Crippen molar-refractivity contribution >= 4 is 34.0 Å². The van der Waals surface area contributed by atoms with Crippen molar-refractivity contribution in [1.82, 2.24) is 9.97 Å². The first-order valence-corrected chi connectivity index (χ1v) is 10.9. The molecule has 0 unspecified atom stereocenters. The number of pyridine rings is 1. The molecular formula is C25H21FN4O5. The van der Waals surface area contributed by atoms with E-state index in [-0.39, 0.29) is 17.2 Å². The van der Waals surface area contributed by atoms with Crippen LogP contribution < -0.4 is 25.8 Å². The molecule has 0 fully saturated rings. The van der Waals surface area contributed by atoms with Gasteiger partial charge in [0.25, 0.3) is 10.9 Å². The molecule has 0 spiro atoms. The number of carboxylic acids is 1. The van der Waals surface area contributed by atoms with Crippen LogP contribution in [0, 0.1) is 5.82 Å². The molecule has 35 heavy (non-hydrogen) atoms. The lowest BCUT2D eigenvalue weighted by Crippen LogP contribution is -2.44. The third-order valence-corrected chi connectivity index (χ3v) is 6.16. The van der Waals surface area contributed by atoms with Gasteiger partial charge in [0.15, 0.2) is 0 Å². The zero-order chi connectivity index (χ0) is 24.7. The fraction of sp³-hybridized carbons (Fsp3) is 0.200. The number of aromatic amines is 1. The van der Waals surface area contributed by atoms with E-state index in [0.717, 1.165) is 22.2 Å². The van der Waals surface area contributed by atoms with Crippen molar-refractivity contribution in [3.63, 3.8) is 0 Å². The van der Waals surface area contributed by atoms with Gasteiger partial charge in [-0.3, -0.25) is 14.4 Å². The SMILES string of the molecule is COc1ccc(F)cc1-c1ccnc2[nH]c(C3=CCN(c4c(NCC(=O)O)c(=O)c4=O)CC3)cc12. The average molecular weight is 476 g/mol. The molecule has 0 saturated heterocycles. The number of rotatable bonds is 7. The van der Waals surface area contributed by atoms with E-state index in [1.807, 2.05) is 18.2 Å². The minimum atomic E-state index is -1.12. The standard InChI is InChI=1S/C25H21FN4O5/c1-35-19-3-2-14(26)10-16(19)15-4-7-27-25-17(15)11-18(29-25)13-5-8-30(9-6-13)22-21(23(33)24(22)34)28-12-20(31)32/h2-5,7,10-11,28H,6,8-9,12H2,1H3,(H,27,29)(H,31,32). The largest absolute Gasteiger partial charge is 0.496 e. The average Bonchev–Trinajstić information content (AvgIpc) is 3.30. The highest BCUT2D eigenvalue weighted by Gasteiger charge is 2.28. The summed E-state index contributed by atoms with van der Waals surface area (Å²) in [6.07, 6.45) is 4.19. The number of carbonyl (C=O) groups is 1. The first-order chi connectivity index (χ1) is 16.9. The number of fused-ring (bicyclic) bond motifs is 1. The van der Waals surface area contributed by atoms with Crippen LogP contribution in [0.5, 0.6) is 5.75 Å².